The molecule has 36 heavy (non-hydrogen) atoms. The van der Waals surface area contributed by atoms with Crippen molar-refractivity contribution in [3.8, 4) is 11.5 Å². The smallest absolute Gasteiger partial charge is 0.339 e. The number of hydrogen-bond acceptors (Lipinski definition) is 9. The number of methoxy groups -OCH3 is 3. The molecule has 0 bridgehead atoms. The van der Waals surface area contributed by atoms with Crippen LogP contribution in [0, 0.1) is 11.8 Å². The monoisotopic (exact) mass is 489 g/mol. The van der Waals surface area contributed by atoms with E-state index in [1.807, 2.05) is 0 Å². The molecule has 2 amide bonds. The predicted molar refractivity (Wildman–Crippen MR) is 128 cm³/mol. The largest absolute Gasteiger partial charge is 0.493 e. The number of allylic oxidation sites excluding steroid dienone is 1. The Bertz CT molecular complexity index is 1330. The first-order valence-corrected chi connectivity index (χ1v) is 11.2. The van der Waals surface area contributed by atoms with Crippen LogP contribution in [0.4, 0.5) is 5.69 Å². The van der Waals surface area contributed by atoms with Crippen LogP contribution in [-0.2, 0) is 14.3 Å². The maximum atomic E-state index is 13.8. The topological polar surface area (TPSA) is 115 Å². The Kier molecular flexibility index (Phi) is 5.79. The molecule has 0 spiro atoms. The van der Waals surface area contributed by atoms with Crippen molar-refractivity contribution in [2.24, 2.45) is 16.9 Å². The number of para-hydroxylation sites is 1. The number of hydrogen-bond donors (Lipinski definition) is 0. The van der Waals surface area contributed by atoms with Gasteiger partial charge >= 0.3 is 5.97 Å². The first-order valence-electron chi connectivity index (χ1n) is 11.2. The zero-order chi connectivity index (χ0) is 25.6. The van der Waals surface area contributed by atoms with E-state index >= 15 is 0 Å². The van der Waals surface area contributed by atoms with Crippen LogP contribution in [0.2, 0.25) is 0 Å². The zero-order valence-corrected chi connectivity index (χ0v) is 19.8. The molecule has 4 unspecified atom stereocenters. The fourth-order valence-corrected chi connectivity index (χ4v) is 5.19. The number of benzene rings is 2. The highest BCUT2D eigenvalue weighted by Gasteiger charge is 2.64. The Hall–Kier alpha value is -4.47. The van der Waals surface area contributed by atoms with Crippen molar-refractivity contribution in [2.45, 2.75) is 12.1 Å². The average molecular weight is 489 g/mol. The van der Waals surface area contributed by atoms with Gasteiger partial charge in [-0.15, -0.1) is 0 Å². The average Bonchev–Trinajstić information content (AvgIpc) is 3.39. The highest BCUT2D eigenvalue weighted by molar-refractivity contribution is 6.26. The minimum Gasteiger partial charge on any atom is -0.493 e. The van der Waals surface area contributed by atoms with Gasteiger partial charge < -0.3 is 14.2 Å². The van der Waals surface area contributed by atoms with Gasteiger partial charge in [-0.05, 0) is 36.4 Å². The quantitative estimate of drug-likeness (QED) is 0.344. The molecule has 2 aromatic rings. The molecule has 0 saturated carbocycles. The molecule has 3 heterocycles. The Morgan fingerprint density at radius 3 is 2.36 bits per heavy atom. The Balaban J connectivity index is 1.58. The van der Waals surface area contributed by atoms with Crippen LogP contribution in [0.5, 0.6) is 11.5 Å². The van der Waals surface area contributed by atoms with Crippen molar-refractivity contribution in [3.63, 3.8) is 0 Å². The van der Waals surface area contributed by atoms with E-state index in [0.29, 0.717) is 11.5 Å². The third kappa shape index (κ3) is 3.36. The first-order chi connectivity index (χ1) is 17.4. The molecule has 10 nitrogen and oxygen atoms in total. The number of esters is 1. The lowest BCUT2D eigenvalue weighted by molar-refractivity contribution is -0.123. The van der Waals surface area contributed by atoms with E-state index in [-0.39, 0.29) is 22.6 Å². The van der Waals surface area contributed by atoms with Crippen LogP contribution in [0.1, 0.15) is 20.7 Å². The molecule has 2 aromatic carbocycles. The fraction of sp³-hybridized carbons (Fsp3) is 0.269. The van der Waals surface area contributed by atoms with Crippen LogP contribution in [-0.4, -0.2) is 68.2 Å². The van der Waals surface area contributed by atoms with Gasteiger partial charge in [0, 0.05) is 11.8 Å². The molecule has 3 aliphatic heterocycles. The normalized spacial score (nSPS) is 24.0. The van der Waals surface area contributed by atoms with Crippen LogP contribution in [0.15, 0.2) is 59.7 Å². The van der Waals surface area contributed by atoms with Gasteiger partial charge in [0.15, 0.2) is 17.3 Å². The van der Waals surface area contributed by atoms with Crippen LogP contribution in [0.3, 0.4) is 0 Å². The van der Waals surface area contributed by atoms with E-state index in [1.165, 1.54) is 44.7 Å². The molecule has 10 heteroatoms. The summed E-state index contributed by atoms with van der Waals surface area (Å²) in [6.07, 6.45) is 4.96. The van der Waals surface area contributed by atoms with Gasteiger partial charge in [-0.2, -0.15) is 5.10 Å². The van der Waals surface area contributed by atoms with Gasteiger partial charge in [0.05, 0.1) is 50.5 Å². The lowest BCUT2D eigenvalue weighted by Crippen LogP contribution is -2.46. The minimum absolute atomic E-state index is 0.0819. The summed E-state index contributed by atoms with van der Waals surface area (Å²) in [6, 6.07) is 9.34. The Labute approximate surface area is 206 Å². The maximum absolute atomic E-state index is 13.8. The van der Waals surface area contributed by atoms with Gasteiger partial charge in [0.2, 0.25) is 11.8 Å². The van der Waals surface area contributed by atoms with Gasteiger partial charge in [0.1, 0.15) is 6.04 Å². The predicted octanol–water partition coefficient (Wildman–Crippen LogP) is 2.09. The summed E-state index contributed by atoms with van der Waals surface area (Å²) in [5.41, 5.74) is 0.495. The second-order valence-electron chi connectivity index (χ2n) is 8.47. The van der Waals surface area contributed by atoms with E-state index < -0.39 is 41.7 Å². The molecule has 0 aromatic heterocycles. The molecular weight excluding hydrogens is 466 g/mol. The van der Waals surface area contributed by atoms with Crippen molar-refractivity contribution >= 4 is 35.5 Å². The number of ketones is 1. The second kappa shape index (κ2) is 8.95. The van der Waals surface area contributed by atoms with E-state index in [2.05, 4.69) is 5.10 Å². The number of rotatable bonds is 6. The molecule has 2 saturated heterocycles. The molecule has 2 fully saturated rings. The van der Waals surface area contributed by atoms with Gasteiger partial charge in [-0.3, -0.25) is 19.4 Å². The first kappa shape index (κ1) is 23.3. The highest BCUT2D eigenvalue weighted by atomic mass is 16.5. The summed E-state index contributed by atoms with van der Waals surface area (Å²) >= 11 is 0. The fourth-order valence-electron chi connectivity index (χ4n) is 5.19. The SMILES string of the molecule is COC(=O)c1ccccc1N1C(=O)C2C(C1=O)C(C(=O)c1ccc(OC)c(OC)c1)N1N=CC=CC21. The number of anilines is 1. The molecule has 0 N–H and O–H groups in total. The number of amides is 2. The zero-order valence-electron chi connectivity index (χ0n) is 19.8. The van der Waals surface area contributed by atoms with Gasteiger partial charge in [0.25, 0.3) is 0 Å². The summed E-state index contributed by atoms with van der Waals surface area (Å²) in [6.45, 7) is 0. The highest BCUT2D eigenvalue weighted by Crippen LogP contribution is 2.47. The molecule has 0 aliphatic carbocycles. The molecule has 5 rings (SSSR count). The van der Waals surface area contributed by atoms with E-state index in [1.54, 1.807) is 42.5 Å². The second-order valence-corrected chi connectivity index (χ2v) is 8.47. The molecule has 184 valence electrons. The van der Waals surface area contributed by atoms with Crippen LogP contribution >= 0.6 is 0 Å². The number of Topliss-reactive ketones (excluding diaryl/α,β-unsaturated/α-hetero) is 1. The minimum atomic E-state index is -1.04. The number of nitrogens with zero attached hydrogens (tertiary/aromatic N) is 3. The summed E-state index contributed by atoms with van der Waals surface area (Å²) in [5, 5.41) is 5.87. The number of carbonyl (C=O) groups is 4. The van der Waals surface area contributed by atoms with Crippen molar-refractivity contribution < 1.29 is 33.4 Å². The number of imide groups is 1. The maximum Gasteiger partial charge on any atom is 0.339 e. The number of fused-ring (bicyclic) bond motifs is 3. The third-order valence-corrected chi connectivity index (χ3v) is 6.78. The molecule has 0 radical (unpaired) electrons. The van der Waals surface area contributed by atoms with Crippen molar-refractivity contribution in [3.05, 3.63) is 65.7 Å². The van der Waals surface area contributed by atoms with E-state index in [9.17, 15) is 19.2 Å². The van der Waals surface area contributed by atoms with Gasteiger partial charge in [-0.25, -0.2) is 9.69 Å². The number of carbonyl (C=O) groups excluding carboxylic acids is 4. The third-order valence-electron chi connectivity index (χ3n) is 6.78. The van der Waals surface area contributed by atoms with Crippen LogP contribution < -0.4 is 14.4 Å². The Morgan fingerprint density at radius 2 is 1.64 bits per heavy atom. The van der Waals surface area contributed by atoms with E-state index in [4.69, 9.17) is 14.2 Å². The molecular formula is C26H23N3O7. The van der Waals surface area contributed by atoms with Crippen molar-refractivity contribution in [1.82, 2.24) is 5.01 Å². The van der Waals surface area contributed by atoms with E-state index in [0.717, 1.165) is 4.90 Å². The Morgan fingerprint density at radius 1 is 0.917 bits per heavy atom. The molecule has 4 atom stereocenters. The lowest BCUT2D eigenvalue weighted by Gasteiger charge is -2.30. The summed E-state index contributed by atoms with van der Waals surface area (Å²) in [4.78, 5) is 54.7. The number of hydrazone groups is 1. The molecule has 3 aliphatic rings. The van der Waals surface area contributed by atoms with Crippen molar-refractivity contribution in [2.75, 3.05) is 26.2 Å². The van der Waals surface area contributed by atoms with Crippen molar-refractivity contribution in [1.29, 1.82) is 0 Å². The standard InChI is InChI=1S/C26H23N3O7/c1-34-18-11-10-14(13-19(18)35-2)23(30)22-21-20(17-9-6-12-27-29(17)22)24(31)28(25(21)32)16-8-5-4-7-15(16)26(33)36-3/h4-13,17,20-22H,1-3H3. The lowest BCUT2D eigenvalue weighted by atomic mass is 9.86. The summed E-state index contributed by atoms with van der Waals surface area (Å²) in [5.74, 6) is -3.18. The van der Waals surface area contributed by atoms with Gasteiger partial charge in [-0.1, -0.05) is 18.2 Å². The summed E-state index contributed by atoms with van der Waals surface area (Å²) < 4.78 is 15.4. The summed E-state index contributed by atoms with van der Waals surface area (Å²) in [7, 11) is 4.18. The van der Waals surface area contributed by atoms with Crippen LogP contribution in [0.25, 0.3) is 0 Å². The number of ether oxygens (including phenoxy) is 3.